The molecule has 1 aromatic rings. The van der Waals surface area contributed by atoms with E-state index in [1.54, 1.807) is 4.90 Å². The van der Waals surface area contributed by atoms with Crippen LogP contribution in [-0.2, 0) is 6.18 Å². The molecule has 1 saturated heterocycles. The van der Waals surface area contributed by atoms with Gasteiger partial charge in [0, 0.05) is 30.7 Å². The highest BCUT2D eigenvalue weighted by Crippen LogP contribution is 2.30. The molecule has 2 heterocycles. The second-order valence-corrected chi connectivity index (χ2v) is 4.45. The number of piperidine rings is 1. The first kappa shape index (κ1) is 11.6. The summed E-state index contributed by atoms with van der Waals surface area (Å²) in [5.41, 5.74) is 5.71. The van der Waals surface area contributed by atoms with Crippen LogP contribution in [0.15, 0.2) is 0 Å². The molecule has 16 heavy (non-hydrogen) atoms. The molecule has 1 aliphatic rings. The van der Waals surface area contributed by atoms with Gasteiger partial charge in [-0.15, -0.1) is 0 Å². The third-order valence-electron chi connectivity index (χ3n) is 2.48. The van der Waals surface area contributed by atoms with E-state index in [1.165, 1.54) is 0 Å². The van der Waals surface area contributed by atoms with E-state index in [4.69, 9.17) is 5.73 Å². The van der Waals surface area contributed by atoms with E-state index < -0.39 is 12.0 Å². The van der Waals surface area contributed by atoms with Crippen molar-refractivity contribution < 1.29 is 13.2 Å². The van der Waals surface area contributed by atoms with Crippen LogP contribution in [0.5, 0.6) is 0 Å². The Bertz CT molecular complexity index is 356. The summed E-state index contributed by atoms with van der Waals surface area (Å²) in [5.74, 6) is -1.05. The molecule has 0 amide bonds. The number of nitrogens with two attached hydrogens (primary N) is 1. The molecule has 1 aromatic heterocycles. The number of halogens is 3. The molecule has 8 heteroatoms. The van der Waals surface area contributed by atoms with E-state index in [9.17, 15) is 13.2 Å². The van der Waals surface area contributed by atoms with Crippen molar-refractivity contribution in [2.75, 3.05) is 18.0 Å². The fourth-order valence-corrected chi connectivity index (χ4v) is 2.29. The largest absolute Gasteiger partial charge is 0.452 e. The van der Waals surface area contributed by atoms with Gasteiger partial charge < -0.3 is 10.6 Å². The van der Waals surface area contributed by atoms with Gasteiger partial charge in [-0.3, -0.25) is 0 Å². The lowest BCUT2D eigenvalue weighted by molar-refractivity contribution is -0.144. The van der Waals surface area contributed by atoms with Crippen LogP contribution in [0.1, 0.15) is 18.7 Å². The Labute approximate surface area is 94.4 Å². The SMILES string of the molecule is NC1CCN(c2nc(C(F)(F)F)ns2)CC1. The number of anilines is 1. The standard InChI is InChI=1S/C8H11F3N4S/c9-8(10,11)6-13-7(16-14-6)15-3-1-5(12)2-4-15/h5H,1-4,12H2. The van der Waals surface area contributed by atoms with Crippen molar-refractivity contribution in [1.29, 1.82) is 0 Å². The summed E-state index contributed by atoms with van der Waals surface area (Å²) in [6, 6.07) is 0.145. The summed E-state index contributed by atoms with van der Waals surface area (Å²) >= 11 is 0.788. The quantitative estimate of drug-likeness (QED) is 0.822. The number of nitrogens with zero attached hydrogens (tertiary/aromatic N) is 3. The third kappa shape index (κ3) is 2.43. The maximum absolute atomic E-state index is 12.3. The molecular formula is C8H11F3N4S. The van der Waals surface area contributed by atoms with Crippen LogP contribution in [0.2, 0.25) is 0 Å². The van der Waals surface area contributed by atoms with Gasteiger partial charge in [0.05, 0.1) is 0 Å². The Balaban J connectivity index is 2.08. The lowest BCUT2D eigenvalue weighted by Crippen LogP contribution is -2.39. The molecule has 0 unspecified atom stereocenters. The lowest BCUT2D eigenvalue weighted by atomic mass is 10.1. The van der Waals surface area contributed by atoms with Crippen molar-refractivity contribution in [2.45, 2.75) is 25.1 Å². The van der Waals surface area contributed by atoms with Crippen molar-refractivity contribution in [3.63, 3.8) is 0 Å². The highest BCUT2D eigenvalue weighted by molar-refractivity contribution is 7.09. The van der Waals surface area contributed by atoms with Gasteiger partial charge in [-0.2, -0.15) is 22.5 Å². The van der Waals surface area contributed by atoms with Crippen molar-refractivity contribution >= 4 is 16.7 Å². The highest BCUT2D eigenvalue weighted by atomic mass is 32.1. The van der Waals surface area contributed by atoms with Crippen LogP contribution in [0.4, 0.5) is 18.3 Å². The van der Waals surface area contributed by atoms with Crippen molar-refractivity contribution in [2.24, 2.45) is 5.73 Å². The van der Waals surface area contributed by atoms with Gasteiger partial charge in [0.2, 0.25) is 11.0 Å². The Kier molecular flexibility index (Phi) is 3.02. The normalized spacial score (nSPS) is 19.1. The van der Waals surface area contributed by atoms with Gasteiger partial charge in [0.15, 0.2) is 0 Å². The summed E-state index contributed by atoms with van der Waals surface area (Å²) in [7, 11) is 0. The average molecular weight is 252 g/mol. The summed E-state index contributed by atoms with van der Waals surface area (Å²) in [6.45, 7) is 1.29. The Hall–Kier alpha value is -0.890. The van der Waals surface area contributed by atoms with Crippen LogP contribution < -0.4 is 10.6 Å². The second-order valence-electron chi connectivity index (χ2n) is 3.72. The maximum atomic E-state index is 12.3. The zero-order valence-electron chi connectivity index (χ0n) is 8.37. The smallest absolute Gasteiger partial charge is 0.347 e. The first-order valence-electron chi connectivity index (χ1n) is 4.88. The van der Waals surface area contributed by atoms with E-state index in [-0.39, 0.29) is 6.04 Å². The molecule has 0 aliphatic carbocycles. The zero-order chi connectivity index (χ0) is 11.8. The number of hydrogen-bond donors (Lipinski definition) is 1. The molecule has 0 aromatic carbocycles. The summed E-state index contributed by atoms with van der Waals surface area (Å²) in [5, 5.41) is 0.333. The van der Waals surface area contributed by atoms with Crippen LogP contribution >= 0.6 is 11.5 Å². The molecule has 0 saturated carbocycles. The molecule has 1 fully saturated rings. The van der Waals surface area contributed by atoms with E-state index in [1.807, 2.05) is 0 Å². The molecule has 0 bridgehead atoms. The number of aromatic nitrogens is 2. The molecular weight excluding hydrogens is 241 g/mol. The van der Waals surface area contributed by atoms with Crippen molar-refractivity contribution in [3.8, 4) is 0 Å². The summed E-state index contributed by atoms with van der Waals surface area (Å²) in [6.07, 6.45) is -2.90. The fraction of sp³-hybridized carbons (Fsp3) is 0.750. The number of alkyl halides is 3. The Morgan fingerprint density at radius 3 is 2.44 bits per heavy atom. The highest BCUT2D eigenvalue weighted by Gasteiger charge is 2.36. The van der Waals surface area contributed by atoms with E-state index in [0.29, 0.717) is 18.2 Å². The van der Waals surface area contributed by atoms with Gasteiger partial charge >= 0.3 is 6.18 Å². The van der Waals surface area contributed by atoms with Gasteiger partial charge in [-0.25, -0.2) is 0 Å². The topological polar surface area (TPSA) is 55.0 Å². The molecule has 2 N–H and O–H groups in total. The average Bonchev–Trinajstić information content (AvgIpc) is 2.67. The number of hydrogen-bond acceptors (Lipinski definition) is 5. The number of rotatable bonds is 1. The van der Waals surface area contributed by atoms with E-state index in [2.05, 4.69) is 9.36 Å². The summed E-state index contributed by atoms with van der Waals surface area (Å²) in [4.78, 5) is 5.30. The third-order valence-corrected chi connectivity index (χ3v) is 3.26. The molecule has 2 rings (SSSR count). The fourth-order valence-electron chi connectivity index (χ4n) is 1.55. The second kappa shape index (κ2) is 4.17. The van der Waals surface area contributed by atoms with Crippen molar-refractivity contribution in [1.82, 2.24) is 9.36 Å². The first-order valence-corrected chi connectivity index (χ1v) is 5.65. The monoisotopic (exact) mass is 252 g/mol. The molecule has 90 valence electrons. The summed E-state index contributed by atoms with van der Waals surface area (Å²) < 4.78 is 40.1. The maximum Gasteiger partial charge on any atom is 0.452 e. The zero-order valence-corrected chi connectivity index (χ0v) is 9.18. The van der Waals surface area contributed by atoms with Gasteiger partial charge in [-0.05, 0) is 12.8 Å². The lowest BCUT2D eigenvalue weighted by Gasteiger charge is -2.29. The van der Waals surface area contributed by atoms with Crippen LogP contribution in [0.3, 0.4) is 0 Å². The molecule has 0 radical (unpaired) electrons. The molecule has 4 nitrogen and oxygen atoms in total. The Morgan fingerprint density at radius 2 is 1.94 bits per heavy atom. The van der Waals surface area contributed by atoms with Crippen LogP contribution in [0.25, 0.3) is 0 Å². The van der Waals surface area contributed by atoms with E-state index in [0.717, 1.165) is 24.4 Å². The molecule has 0 spiro atoms. The minimum atomic E-state index is -4.46. The van der Waals surface area contributed by atoms with Gasteiger partial charge in [-0.1, -0.05) is 0 Å². The van der Waals surface area contributed by atoms with Crippen LogP contribution in [0, 0.1) is 0 Å². The predicted octanol–water partition coefficient (Wildman–Crippen LogP) is 1.48. The minimum absolute atomic E-state index is 0.145. The van der Waals surface area contributed by atoms with E-state index >= 15 is 0 Å². The van der Waals surface area contributed by atoms with Gasteiger partial charge in [0.1, 0.15) is 0 Å². The molecule has 0 atom stereocenters. The van der Waals surface area contributed by atoms with Crippen LogP contribution in [-0.4, -0.2) is 28.5 Å². The predicted molar refractivity (Wildman–Crippen MR) is 54.3 cm³/mol. The van der Waals surface area contributed by atoms with Gasteiger partial charge in [0.25, 0.3) is 0 Å². The minimum Gasteiger partial charge on any atom is -0.347 e. The van der Waals surface area contributed by atoms with Crippen molar-refractivity contribution in [3.05, 3.63) is 5.82 Å². The molecule has 1 aliphatic heterocycles. The Morgan fingerprint density at radius 1 is 1.31 bits per heavy atom. The first-order chi connectivity index (χ1) is 7.47.